The lowest BCUT2D eigenvalue weighted by atomic mass is 10.0. The Morgan fingerprint density at radius 1 is 0.800 bits per heavy atom. The number of hydrogen-bond acceptors (Lipinski definition) is 3. The van der Waals surface area contributed by atoms with E-state index in [1.165, 1.54) is 4.90 Å². The van der Waals surface area contributed by atoms with E-state index in [-0.39, 0.29) is 17.5 Å². The van der Waals surface area contributed by atoms with E-state index in [0.717, 1.165) is 16.7 Å². The molecule has 2 amide bonds. The summed E-state index contributed by atoms with van der Waals surface area (Å²) in [5.41, 5.74) is 5.37. The zero-order valence-corrected chi connectivity index (χ0v) is 17.7. The van der Waals surface area contributed by atoms with Crippen molar-refractivity contribution in [2.75, 3.05) is 10.2 Å². The summed E-state index contributed by atoms with van der Waals surface area (Å²) in [6.45, 7) is 5.77. The summed E-state index contributed by atoms with van der Waals surface area (Å²) in [6.07, 6.45) is 0. The first-order valence-electron chi connectivity index (χ1n) is 9.65. The van der Waals surface area contributed by atoms with Crippen LogP contribution in [0.25, 0.3) is 5.57 Å². The molecule has 150 valence electrons. The summed E-state index contributed by atoms with van der Waals surface area (Å²) in [4.78, 5) is 28.1. The fraction of sp³-hybridized carbons (Fsp3) is 0.120. The van der Waals surface area contributed by atoms with Gasteiger partial charge in [0.25, 0.3) is 11.8 Å². The normalized spacial score (nSPS) is 13.9. The van der Waals surface area contributed by atoms with Crippen molar-refractivity contribution in [1.29, 1.82) is 0 Å². The first kappa shape index (κ1) is 19.9. The van der Waals surface area contributed by atoms with Gasteiger partial charge in [0.05, 0.1) is 11.3 Å². The van der Waals surface area contributed by atoms with Gasteiger partial charge in [0.1, 0.15) is 5.70 Å². The molecule has 0 aromatic heterocycles. The highest BCUT2D eigenvalue weighted by molar-refractivity contribution is 6.46. The van der Waals surface area contributed by atoms with Crippen molar-refractivity contribution in [2.24, 2.45) is 0 Å². The summed E-state index contributed by atoms with van der Waals surface area (Å²) in [5, 5.41) is 3.74. The van der Waals surface area contributed by atoms with Crippen molar-refractivity contribution in [1.82, 2.24) is 0 Å². The van der Waals surface area contributed by atoms with Crippen LogP contribution in [0.15, 0.2) is 72.4 Å². The summed E-state index contributed by atoms with van der Waals surface area (Å²) in [6, 6.07) is 20.4. The minimum Gasteiger partial charge on any atom is -0.350 e. The maximum Gasteiger partial charge on any atom is 0.282 e. The number of benzene rings is 3. The molecule has 1 N–H and O–H groups in total. The van der Waals surface area contributed by atoms with E-state index in [1.54, 1.807) is 12.1 Å². The number of nitrogens with zero attached hydrogens (tertiary/aromatic N) is 1. The van der Waals surface area contributed by atoms with Crippen LogP contribution in [0.3, 0.4) is 0 Å². The van der Waals surface area contributed by atoms with Crippen molar-refractivity contribution >= 4 is 40.4 Å². The summed E-state index contributed by atoms with van der Waals surface area (Å²) >= 11 is 6.26. The number of anilines is 2. The fourth-order valence-electron chi connectivity index (χ4n) is 3.48. The van der Waals surface area contributed by atoms with Gasteiger partial charge in [-0.2, -0.15) is 0 Å². The minimum atomic E-state index is -0.387. The molecule has 0 saturated heterocycles. The predicted molar refractivity (Wildman–Crippen MR) is 122 cm³/mol. The number of aryl methyl sites for hydroxylation is 3. The smallest absolute Gasteiger partial charge is 0.282 e. The Hall–Kier alpha value is -3.37. The van der Waals surface area contributed by atoms with Gasteiger partial charge in [-0.3, -0.25) is 9.59 Å². The molecule has 1 heterocycles. The number of rotatable bonds is 4. The first-order valence-corrected chi connectivity index (χ1v) is 10.0. The minimum absolute atomic E-state index is 0.243. The van der Waals surface area contributed by atoms with Crippen LogP contribution in [0.5, 0.6) is 0 Å². The standard InChI is InChI=1S/C25H21ClN2O2/c1-15-8-11-18(12-9-15)22-23(27-19-13-10-16(2)20(26)14-19)25(30)28(24(22)29)21-7-5-4-6-17(21)3/h4-14,27H,1-3H3. The average Bonchev–Trinajstić information content (AvgIpc) is 2.96. The van der Waals surface area contributed by atoms with E-state index in [0.29, 0.717) is 27.5 Å². The average molecular weight is 417 g/mol. The predicted octanol–water partition coefficient (Wildman–Crippen LogP) is 5.66. The van der Waals surface area contributed by atoms with Gasteiger partial charge in [-0.25, -0.2) is 4.90 Å². The summed E-state index contributed by atoms with van der Waals surface area (Å²) in [5.74, 6) is -0.736. The molecule has 1 aliphatic heterocycles. The lowest BCUT2D eigenvalue weighted by Gasteiger charge is -2.17. The SMILES string of the molecule is Cc1ccc(C2=C(Nc3ccc(C)c(Cl)c3)C(=O)N(c3ccccc3C)C2=O)cc1. The number of amides is 2. The molecule has 4 rings (SSSR count). The maximum atomic E-state index is 13.5. The van der Waals surface area contributed by atoms with Gasteiger partial charge >= 0.3 is 0 Å². The van der Waals surface area contributed by atoms with Gasteiger partial charge < -0.3 is 5.32 Å². The molecule has 3 aromatic rings. The molecule has 3 aromatic carbocycles. The second-order valence-corrected chi connectivity index (χ2v) is 7.84. The third-order valence-corrected chi connectivity index (χ3v) is 5.63. The Kier molecular flexibility index (Phi) is 5.18. The lowest BCUT2D eigenvalue weighted by Crippen LogP contribution is -2.33. The molecule has 5 heteroatoms. The molecule has 0 bridgehead atoms. The second kappa shape index (κ2) is 7.81. The van der Waals surface area contributed by atoms with Crippen LogP contribution in [0.2, 0.25) is 5.02 Å². The Morgan fingerprint density at radius 2 is 1.50 bits per heavy atom. The molecular formula is C25H21ClN2O2. The Bertz CT molecular complexity index is 1200. The number of hydrogen-bond donors (Lipinski definition) is 1. The van der Waals surface area contributed by atoms with E-state index >= 15 is 0 Å². The monoisotopic (exact) mass is 416 g/mol. The van der Waals surface area contributed by atoms with Crippen LogP contribution >= 0.6 is 11.6 Å². The molecule has 30 heavy (non-hydrogen) atoms. The molecule has 0 unspecified atom stereocenters. The highest BCUT2D eigenvalue weighted by atomic mass is 35.5. The third-order valence-electron chi connectivity index (χ3n) is 5.22. The molecule has 0 saturated carbocycles. The second-order valence-electron chi connectivity index (χ2n) is 7.44. The molecule has 4 nitrogen and oxygen atoms in total. The lowest BCUT2D eigenvalue weighted by molar-refractivity contribution is -0.120. The molecule has 0 atom stereocenters. The number of nitrogens with one attached hydrogen (secondary N) is 1. The van der Waals surface area contributed by atoms with Crippen LogP contribution in [-0.2, 0) is 9.59 Å². The quantitative estimate of drug-likeness (QED) is 0.558. The van der Waals surface area contributed by atoms with E-state index < -0.39 is 0 Å². The zero-order chi connectivity index (χ0) is 21.4. The molecule has 0 fully saturated rings. The molecule has 0 radical (unpaired) electrons. The topological polar surface area (TPSA) is 49.4 Å². The largest absolute Gasteiger partial charge is 0.350 e. The number of para-hydroxylation sites is 1. The summed E-state index contributed by atoms with van der Waals surface area (Å²) < 4.78 is 0. The van der Waals surface area contributed by atoms with Crippen molar-refractivity contribution in [3.63, 3.8) is 0 Å². The summed E-state index contributed by atoms with van der Waals surface area (Å²) in [7, 11) is 0. The zero-order valence-electron chi connectivity index (χ0n) is 17.0. The molecular weight excluding hydrogens is 396 g/mol. The van der Waals surface area contributed by atoms with Crippen LogP contribution in [0, 0.1) is 20.8 Å². The fourth-order valence-corrected chi connectivity index (χ4v) is 3.66. The third kappa shape index (κ3) is 3.51. The van der Waals surface area contributed by atoms with Gasteiger partial charge in [-0.15, -0.1) is 0 Å². The van der Waals surface area contributed by atoms with Crippen LogP contribution < -0.4 is 10.2 Å². The molecule has 0 spiro atoms. The Balaban J connectivity index is 1.84. The van der Waals surface area contributed by atoms with E-state index in [1.807, 2.05) is 75.4 Å². The van der Waals surface area contributed by atoms with Crippen LogP contribution in [0.1, 0.15) is 22.3 Å². The highest BCUT2D eigenvalue weighted by Gasteiger charge is 2.40. The van der Waals surface area contributed by atoms with E-state index in [4.69, 9.17) is 11.6 Å². The van der Waals surface area contributed by atoms with Crippen LogP contribution in [-0.4, -0.2) is 11.8 Å². The van der Waals surface area contributed by atoms with Gasteiger partial charge in [0.15, 0.2) is 0 Å². The molecule has 0 aliphatic carbocycles. The maximum absolute atomic E-state index is 13.5. The van der Waals surface area contributed by atoms with Gasteiger partial charge in [0.2, 0.25) is 0 Å². The molecule has 1 aliphatic rings. The van der Waals surface area contributed by atoms with E-state index in [2.05, 4.69) is 5.32 Å². The van der Waals surface area contributed by atoms with Crippen molar-refractivity contribution in [3.05, 3.63) is 99.7 Å². The van der Waals surface area contributed by atoms with Crippen molar-refractivity contribution in [2.45, 2.75) is 20.8 Å². The van der Waals surface area contributed by atoms with E-state index in [9.17, 15) is 9.59 Å². The first-order chi connectivity index (χ1) is 14.4. The number of carbonyl (C=O) groups is 2. The van der Waals surface area contributed by atoms with Gasteiger partial charge in [0, 0.05) is 10.7 Å². The Labute approximate surface area is 180 Å². The van der Waals surface area contributed by atoms with Crippen LogP contribution in [0.4, 0.5) is 11.4 Å². The van der Waals surface area contributed by atoms with Crippen molar-refractivity contribution in [3.8, 4) is 0 Å². The number of halogens is 1. The highest BCUT2D eigenvalue weighted by Crippen LogP contribution is 2.35. The number of imide groups is 1. The van der Waals surface area contributed by atoms with Gasteiger partial charge in [-0.1, -0.05) is 65.7 Å². The van der Waals surface area contributed by atoms with Gasteiger partial charge in [-0.05, 0) is 55.7 Å². The van der Waals surface area contributed by atoms with Crippen molar-refractivity contribution < 1.29 is 9.59 Å². The Morgan fingerprint density at radius 3 is 2.17 bits per heavy atom. The number of carbonyl (C=O) groups excluding carboxylic acids is 2.